The molecule has 0 spiro atoms. The lowest BCUT2D eigenvalue weighted by Gasteiger charge is -2.08. The molecule has 1 fully saturated rings. The van der Waals surface area contributed by atoms with Crippen LogP contribution in [0.15, 0.2) is 24.3 Å². The Hall–Kier alpha value is -1.31. The molecule has 0 heterocycles. The van der Waals surface area contributed by atoms with E-state index in [1.54, 1.807) is 0 Å². The number of benzene rings is 1. The van der Waals surface area contributed by atoms with Crippen molar-refractivity contribution in [3.63, 3.8) is 0 Å². The van der Waals surface area contributed by atoms with Gasteiger partial charge in [-0.15, -0.1) is 0 Å². The van der Waals surface area contributed by atoms with Crippen molar-refractivity contribution in [2.75, 3.05) is 11.9 Å². The third-order valence-electron chi connectivity index (χ3n) is 3.80. The van der Waals surface area contributed by atoms with Gasteiger partial charge < -0.3 is 5.32 Å². The summed E-state index contributed by atoms with van der Waals surface area (Å²) in [5.41, 5.74) is 2.44. The first-order valence-corrected chi connectivity index (χ1v) is 6.40. The third-order valence-corrected chi connectivity index (χ3v) is 3.80. The Labute approximate surface area is 103 Å². The zero-order valence-electron chi connectivity index (χ0n) is 10.9. The maximum absolute atomic E-state index is 11.5. The number of ketones is 1. The van der Waals surface area contributed by atoms with Gasteiger partial charge in [-0.25, -0.2) is 0 Å². The van der Waals surface area contributed by atoms with Crippen LogP contribution in [0.2, 0.25) is 0 Å². The number of hydrogen-bond acceptors (Lipinski definition) is 2. The average Bonchev–Trinajstić information content (AvgIpc) is 2.94. The molecule has 0 bridgehead atoms. The van der Waals surface area contributed by atoms with Crippen molar-refractivity contribution in [2.45, 2.75) is 33.6 Å². The predicted molar refractivity (Wildman–Crippen MR) is 71.4 cm³/mol. The van der Waals surface area contributed by atoms with Gasteiger partial charge in [0.2, 0.25) is 0 Å². The molecule has 0 saturated heterocycles. The summed E-state index contributed by atoms with van der Waals surface area (Å²) >= 11 is 0. The van der Waals surface area contributed by atoms with Gasteiger partial charge in [-0.05, 0) is 42.0 Å². The van der Waals surface area contributed by atoms with Crippen LogP contribution in [-0.4, -0.2) is 12.3 Å². The standard InChI is InChI=1S/C15H21NO/c1-4-14(17)11-5-7-13(8-6-11)16-10-12-9-15(12,2)3/h5-8,12,16H,4,9-10H2,1-3H3. The molecule has 1 atom stereocenters. The molecule has 1 aromatic carbocycles. The van der Waals surface area contributed by atoms with Crippen molar-refractivity contribution in [1.29, 1.82) is 0 Å². The lowest BCUT2D eigenvalue weighted by molar-refractivity contribution is 0.0988. The molecule has 1 N–H and O–H groups in total. The zero-order valence-corrected chi connectivity index (χ0v) is 10.9. The third kappa shape index (κ3) is 2.87. The molecule has 1 aliphatic carbocycles. The first kappa shape index (κ1) is 12.2. The first-order valence-electron chi connectivity index (χ1n) is 6.40. The number of nitrogens with one attached hydrogen (secondary N) is 1. The molecule has 92 valence electrons. The summed E-state index contributed by atoms with van der Waals surface area (Å²) in [6.45, 7) is 7.54. The fourth-order valence-electron chi connectivity index (χ4n) is 2.14. The monoisotopic (exact) mass is 231 g/mol. The molecule has 1 unspecified atom stereocenters. The van der Waals surface area contributed by atoms with E-state index in [-0.39, 0.29) is 5.78 Å². The maximum Gasteiger partial charge on any atom is 0.162 e. The maximum atomic E-state index is 11.5. The van der Waals surface area contributed by atoms with E-state index in [2.05, 4.69) is 19.2 Å². The van der Waals surface area contributed by atoms with Crippen molar-refractivity contribution in [3.05, 3.63) is 29.8 Å². The Morgan fingerprint density at radius 3 is 2.41 bits per heavy atom. The van der Waals surface area contributed by atoms with Gasteiger partial charge >= 0.3 is 0 Å². The number of rotatable bonds is 5. The second-order valence-electron chi connectivity index (χ2n) is 5.62. The van der Waals surface area contributed by atoms with Crippen LogP contribution < -0.4 is 5.32 Å². The van der Waals surface area contributed by atoms with E-state index >= 15 is 0 Å². The van der Waals surface area contributed by atoms with Crippen LogP contribution in [0.5, 0.6) is 0 Å². The van der Waals surface area contributed by atoms with Gasteiger partial charge in [0.05, 0.1) is 0 Å². The van der Waals surface area contributed by atoms with Crippen molar-refractivity contribution in [3.8, 4) is 0 Å². The van der Waals surface area contributed by atoms with Gasteiger partial charge in [0.1, 0.15) is 0 Å². The lowest BCUT2D eigenvalue weighted by atomic mass is 10.1. The molecule has 1 aliphatic rings. The van der Waals surface area contributed by atoms with E-state index in [0.717, 1.165) is 23.7 Å². The largest absolute Gasteiger partial charge is 0.385 e. The van der Waals surface area contributed by atoms with Crippen LogP contribution in [0.3, 0.4) is 0 Å². The SMILES string of the molecule is CCC(=O)c1ccc(NCC2CC2(C)C)cc1. The highest BCUT2D eigenvalue weighted by atomic mass is 16.1. The zero-order chi connectivity index (χ0) is 12.5. The minimum absolute atomic E-state index is 0.208. The molecule has 1 aromatic rings. The van der Waals surface area contributed by atoms with E-state index in [4.69, 9.17) is 0 Å². The van der Waals surface area contributed by atoms with Crippen molar-refractivity contribution in [2.24, 2.45) is 11.3 Å². The summed E-state index contributed by atoms with van der Waals surface area (Å²) in [6, 6.07) is 7.81. The number of carbonyl (C=O) groups is 1. The topological polar surface area (TPSA) is 29.1 Å². The quantitative estimate of drug-likeness (QED) is 0.782. The van der Waals surface area contributed by atoms with Crippen LogP contribution in [0.1, 0.15) is 44.0 Å². The normalized spacial score (nSPS) is 21.0. The molecular formula is C15H21NO. The van der Waals surface area contributed by atoms with Crippen molar-refractivity contribution < 1.29 is 4.79 Å². The van der Waals surface area contributed by atoms with Crippen LogP contribution >= 0.6 is 0 Å². The fraction of sp³-hybridized carbons (Fsp3) is 0.533. The van der Waals surface area contributed by atoms with Crippen LogP contribution in [0.4, 0.5) is 5.69 Å². The van der Waals surface area contributed by atoms with Gasteiger partial charge in [0.15, 0.2) is 5.78 Å². The Morgan fingerprint density at radius 2 is 1.94 bits per heavy atom. The molecule has 2 rings (SSSR count). The molecule has 1 saturated carbocycles. The minimum Gasteiger partial charge on any atom is -0.385 e. The minimum atomic E-state index is 0.208. The van der Waals surface area contributed by atoms with Gasteiger partial charge in [0, 0.05) is 24.2 Å². The molecule has 2 heteroatoms. The molecule has 0 aromatic heterocycles. The molecular weight excluding hydrogens is 210 g/mol. The molecule has 0 radical (unpaired) electrons. The van der Waals surface area contributed by atoms with E-state index in [9.17, 15) is 4.79 Å². The second kappa shape index (κ2) is 4.52. The Bertz CT molecular complexity index is 405. The van der Waals surface area contributed by atoms with Crippen molar-refractivity contribution >= 4 is 11.5 Å². The highest BCUT2D eigenvalue weighted by molar-refractivity contribution is 5.96. The predicted octanol–water partition coefficient (Wildman–Crippen LogP) is 3.74. The summed E-state index contributed by atoms with van der Waals surface area (Å²) in [5.74, 6) is 0.999. The number of anilines is 1. The summed E-state index contributed by atoms with van der Waals surface area (Å²) in [6.07, 6.45) is 1.88. The van der Waals surface area contributed by atoms with Gasteiger partial charge in [-0.2, -0.15) is 0 Å². The summed E-state index contributed by atoms with van der Waals surface area (Å²) < 4.78 is 0. The Morgan fingerprint density at radius 1 is 1.35 bits per heavy atom. The Balaban J connectivity index is 1.88. The second-order valence-corrected chi connectivity index (χ2v) is 5.62. The average molecular weight is 231 g/mol. The smallest absolute Gasteiger partial charge is 0.162 e. The molecule has 0 amide bonds. The van der Waals surface area contributed by atoms with Crippen LogP contribution in [0.25, 0.3) is 0 Å². The van der Waals surface area contributed by atoms with Gasteiger partial charge in [0.25, 0.3) is 0 Å². The fourth-order valence-corrected chi connectivity index (χ4v) is 2.14. The molecule has 17 heavy (non-hydrogen) atoms. The first-order chi connectivity index (χ1) is 8.03. The molecule has 2 nitrogen and oxygen atoms in total. The van der Waals surface area contributed by atoms with Crippen molar-refractivity contribution in [1.82, 2.24) is 0 Å². The Kier molecular flexibility index (Phi) is 3.23. The van der Waals surface area contributed by atoms with Gasteiger partial charge in [-0.1, -0.05) is 20.8 Å². The van der Waals surface area contributed by atoms with Gasteiger partial charge in [-0.3, -0.25) is 4.79 Å². The highest BCUT2D eigenvalue weighted by Crippen LogP contribution is 2.51. The van der Waals surface area contributed by atoms with Crippen LogP contribution in [0, 0.1) is 11.3 Å². The highest BCUT2D eigenvalue weighted by Gasteiger charge is 2.44. The number of carbonyl (C=O) groups excluding carboxylic acids is 1. The van der Waals surface area contributed by atoms with Crippen LogP contribution in [-0.2, 0) is 0 Å². The van der Waals surface area contributed by atoms with E-state index in [1.165, 1.54) is 6.42 Å². The van der Waals surface area contributed by atoms with E-state index < -0.39 is 0 Å². The summed E-state index contributed by atoms with van der Waals surface area (Å²) in [4.78, 5) is 11.5. The number of Topliss-reactive ketones (excluding diaryl/α,β-unsaturated/α-hetero) is 1. The van der Waals surface area contributed by atoms with E-state index in [0.29, 0.717) is 11.8 Å². The molecule has 0 aliphatic heterocycles. The lowest BCUT2D eigenvalue weighted by Crippen LogP contribution is -2.07. The summed E-state index contributed by atoms with van der Waals surface area (Å²) in [7, 11) is 0. The number of hydrogen-bond donors (Lipinski definition) is 1. The van der Waals surface area contributed by atoms with E-state index in [1.807, 2.05) is 31.2 Å². The summed E-state index contributed by atoms with van der Waals surface area (Å²) in [5, 5.41) is 3.44.